The molecule has 2 aromatic heterocycles. The van der Waals surface area contributed by atoms with Gasteiger partial charge in [-0.25, -0.2) is 8.42 Å². The summed E-state index contributed by atoms with van der Waals surface area (Å²) in [4.78, 5) is 6.35. The number of sulfonamides is 1. The van der Waals surface area contributed by atoms with E-state index in [-0.39, 0.29) is 0 Å². The average molecular weight is 522 g/mol. The van der Waals surface area contributed by atoms with Gasteiger partial charge in [0.1, 0.15) is 0 Å². The molecule has 0 atom stereocenters. The monoisotopic (exact) mass is 522 g/mol. The van der Waals surface area contributed by atoms with Gasteiger partial charge in [0.2, 0.25) is 10.0 Å². The van der Waals surface area contributed by atoms with E-state index >= 15 is 0 Å². The summed E-state index contributed by atoms with van der Waals surface area (Å²) in [7, 11) is -3.47. The highest BCUT2D eigenvalue weighted by Gasteiger charge is 2.28. The number of nitrogens with one attached hydrogen (secondary N) is 1. The molecule has 0 spiro atoms. The molecule has 4 rings (SSSR count). The van der Waals surface area contributed by atoms with Crippen LogP contribution in [0.3, 0.4) is 0 Å². The quantitative estimate of drug-likeness (QED) is 0.516. The SMILES string of the molecule is O=S(=O)(c1ccc(I)cc1)N1CCN(c2ccc(Nc3ccncc3)nn2)CC1. The van der Waals surface area contributed by atoms with Crippen LogP contribution in [-0.4, -0.2) is 54.1 Å². The number of hydrogen-bond donors (Lipinski definition) is 1. The van der Waals surface area contributed by atoms with Crippen LogP contribution in [0.4, 0.5) is 17.3 Å². The summed E-state index contributed by atoms with van der Waals surface area (Å²) < 4.78 is 28.2. The second kappa shape index (κ2) is 8.59. The maximum Gasteiger partial charge on any atom is 0.243 e. The Hall–Kier alpha value is -2.31. The third-order valence-electron chi connectivity index (χ3n) is 4.62. The van der Waals surface area contributed by atoms with Crippen LogP contribution in [0.25, 0.3) is 0 Å². The molecule has 0 aliphatic carbocycles. The number of piperazine rings is 1. The van der Waals surface area contributed by atoms with Crippen molar-refractivity contribution in [1.29, 1.82) is 0 Å². The van der Waals surface area contributed by atoms with Crippen LogP contribution in [0.5, 0.6) is 0 Å². The Morgan fingerprint density at radius 2 is 1.55 bits per heavy atom. The van der Waals surface area contributed by atoms with E-state index in [2.05, 4.69) is 43.1 Å². The molecule has 1 saturated heterocycles. The van der Waals surface area contributed by atoms with Crippen LogP contribution >= 0.6 is 22.6 Å². The molecule has 1 N–H and O–H groups in total. The molecule has 0 amide bonds. The first kappa shape index (κ1) is 20.0. The molecule has 1 aromatic carbocycles. The van der Waals surface area contributed by atoms with Crippen molar-refractivity contribution in [3.8, 4) is 0 Å². The molecule has 0 bridgehead atoms. The second-order valence-electron chi connectivity index (χ2n) is 6.48. The van der Waals surface area contributed by atoms with Crippen LogP contribution in [0.1, 0.15) is 0 Å². The van der Waals surface area contributed by atoms with Crippen LogP contribution < -0.4 is 10.2 Å². The minimum atomic E-state index is -3.47. The molecule has 0 saturated carbocycles. The summed E-state index contributed by atoms with van der Waals surface area (Å²) in [6.07, 6.45) is 3.40. The summed E-state index contributed by atoms with van der Waals surface area (Å²) in [5.41, 5.74) is 0.886. The fourth-order valence-electron chi connectivity index (χ4n) is 3.06. The summed E-state index contributed by atoms with van der Waals surface area (Å²) in [6.45, 7) is 1.95. The van der Waals surface area contributed by atoms with Gasteiger partial charge in [0.25, 0.3) is 0 Å². The first-order valence-electron chi connectivity index (χ1n) is 9.04. The number of hydrogen-bond acceptors (Lipinski definition) is 7. The summed E-state index contributed by atoms with van der Waals surface area (Å²) >= 11 is 2.16. The third-order valence-corrected chi connectivity index (χ3v) is 7.25. The fourth-order valence-corrected chi connectivity index (χ4v) is 4.84. The third kappa shape index (κ3) is 4.65. The number of anilines is 3. The minimum Gasteiger partial charge on any atom is -0.352 e. The van der Waals surface area contributed by atoms with Crippen LogP contribution in [-0.2, 0) is 10.0 Å². The Morgan fingerprint density at radius 3 is 2.17 bits per heavy atom. The molecule has 0 unspecified atom stereocenters. The molecule has 0 radical (unpaired) electrons. The van der Waals surface area contributed by atoms with Crippen molar-refractivity contribution in [3.05, 3.63) is 64.5 Å². The molecule has 150 valence electrons. The van der Waals surface area contributed by atoms with Gasteiger partial charge in [-0.3, -0.25) is 4.98 Å². The van der Waals surface area contributed by atoms with Crippen molar-refractivity contribution < 1.29 is 8.42 Å². The van der Waals surface area contributed by atoms with Gasteiger partial charge in [-0.15, -0.1) is 10.2 Å². The van der Waals surface area contributed by atoms with E-state index in [0.717, 1.165) is 15.1 Å². The van der Waals surface area contributed by atoms with Gasteiger partial charge in [0.05, 0.1) is 4.90 Å². The molecule has 1 aliphatic rings. The van der Waals surface area contributed by atoms with Crippen molar-refractivity contribution in [3.63, 3.8) is 0 Å². The Morgan fingerprint density at radius 1 is 0.862 bits per heavy atom. The van der Waals surface area contributed by atoms with E-state index in [1.165, 1.54) is 4.31 Å². The van der Waals surface area contributed by atoms with Gasteiger partial charge in [-0.2, -0.15) is 4.31 Å². The lowest BCUT2D eigenvalue weighted by Gasteiger charge is -2.34. The van der Waals surface area contributed by atoms with E-state index in [1.807, 2.05) is 29.2 Å². The first-order valence-corrected chi connectivity index (χ1v) is 11.6. The van der Waals surface area contributed by atoms with E-state index in [4.69, 9.17) is 0 Å². The topological polar surface area (TPSA) is 91.3 Å². The maximum atomic E-state index is 12.8. The Bertz CT molecular complexity index is 1050. The zero-order valence-corrected chi connectivity index (χ0v) is 18.4. The van der Waals surface area contributed by atoms with Crippen LogP contribution in [0.2, 0.25) is 0 Å². The van der Waals surface area contributed by atoms with Gasteiger partial charge in [0, 0.05) is 47.8 Å². The molecule has 1 fully saturated rings. The van der Waals surface area contributed by atoms with Crippen molar-refractivity contribution >= 4 is 49.9 Å². The van der Waals surface area contributed by atoms with Gasteiger partial charge >= 0.3 is 0 Å². The smallest absolute Gasteiger partial charge is 0.243 e. The Labute approximate surface area is 183 Å². The van der Waals surface area contributed by atoms with Crippen molar-refractivity contribution in [2.45, 2.75) is 4.90 Å². The number of halogens is 1. The lowest BCUT2D eigenvalue weighted by Crippen LogP contribution is -2.49. The maximum absolute atomic E-state index is 12.8. The van der Waals surface area contributed by atoms with Crippen molar-refractivity contribution in [2.75, 3.05) is 36.4 Å². The predicted octanol–water partition coefficient (Wildman–Crippen LogP) is 2.73. The van der Waals surface area contributed by atoms with Gasteiger partial charge in [-0.1, -0.05) is 0 Å². The molecular weight excluding hydrogens is 503 g/mol. The average Bonchev–Trinajstić information content (AvgIpc) is 2.75. The first-order chi connectivity index (χ1) is 14.0. The zero-order valence-electron chi connectivity index (χ0n) is 15.4. The highest BCUT2D eigenvalue weighted by Crippen LogP contribution is 2.21. The number of benzene rings is 1. The van der Waals surface area contributed by atoms with E-state index in [9.17, 15) is 8.42 Å². The predicted molar refractivity (Wildman–Crippen MR) is 120 cm³/mol. The second-order valence-corrected chi connectivity index (χ2v) is 9.67. The van der Waals surface area contributed by atoms with E-state index in [1.54, 1.807) is 36.7 Å². The number of aromatic nitrogens is 3. The van der Waals surface area contributed by atoms with Crippen LogP contribution in [0.15, 0.2) is 65.8 Å². The molecule has 1 aliphatic heterocycles. The van der Waals surface area contributed by atoms with E-state index < -0.39 is 10.0 Å². The zero-order chi connectivity index (χ0) is 20.3. The Balaban J connectivity index is 1.38. The summed E-state index contributed by atoms with van der Waals surface area (Å²) in [5.74, 6) is 1.37. The minimum absolute atomic E-state index is 0.331. The van der Waals surface area contributed by atoms with E-state index in [0.29, 0.717) is 36.9 Å². The highest BCUT2D eigenvalue weighted by molar-refractivity contribution is 14.1. The highest BCUT2D eigenvalue weighted by atomic mass is 127. The fraction of sp³-hybridized carbons (Fsp3) is 0.211. The lowest BCUT2D eigenvalue weighted by molar-refractivity contribution is 0.383. The molecule has 29 heavy (non-hydrogen) atoms. The van der Waals surface area contributed by atoms with Gasteiger partial charge in [-0.05, 0) is 71.1 Å². The number of rotatable bonds is 5. The number of pyridine rings is 1. The lowest BCUT2D eigenvalue weighted by atomic mass is 10.3. The molecule has 10 heteroatoms. The standard InChI is InChI=1S/C19H19IN6O2S/c20-15-1-3-17(4-2-15)29(27,28)26-13-11-25(12-14-26)19-6-5-18(23-24-19)22-16-7-9-21-10-8-16/h1-10H,11-14H2,(H,21,22,23). The van der Waals surface area contributed by atoms with Crippen LogP contribution in [0, 0.1) is 3.57 Å². The van der Waals surface area contributed by atoms with Gasteiger partial charge in [0.15, 0.2) is 11.6 Å². The van der Waals surface area contributed by atoms with Crippen molar-refractivity contribution in [2.24, 2.45) is 0 Å². The van der Waals surface area contributed by atoms with Crippen molar-refractivity contribution in [1.82, 2.24) is 19.5 Å². The summed E-state index contributed by atoms with van der Waals surface area (Å²) in [5, 5.41) is 11.7. The normalized spacial score (nSPS) is 15.3. The number of nitrogens with zero attached hydrogens (tertiary/aromatic N) is 5. The molecule has 3 heterocycles. The summed E-state index contributed by atoms with van der Waals surface area (Å²) in [6, 6.07) is 14.4. The molecule has 8 nitrogen and oxygen atoms in total. The molecular formula is C19H19IN6O2S. The Kier molecular flexibility index (Phi) is 5.92. The molecule has 3 aromatic rings. The largest absolute Gasteiger partial charge is 0.352 e. The van der Waals surface area contributed by atoms with Gasteiger partial charge < -0.3 is 10.2 Å².